The van der Waals surface area contributed by atoms with Gasteiger partial charge in [-0.05, 0) is 20.3 Å². The summed E-state index contributed by atoms with van der Waals surface area (Å²) in [7, 11) is 0. The van der Waals surface area contributed by atoms with Crippen molar-refractivity contribution >= 4 is 11.6 Å². The van der Waals surface area contributed by atoms with Crippen LogP contribution in [0.3, 0.4) is 0 Å². The molecule has 1 saturated heterocycles. The van der Waals surface area contributed by atoms with Crippen molar-refractivity contribution in [3.8, 4) is 0 Å². The molecule has 3 N–H and O–H groups in total. The summed E-state index contributed by atoms with van der Waals surface area (Å²) in [6.45, 7) is 8.38. The maximum atomic E-state index is 5.65. The average Bonchev–Trinajstić information content (AvgIpc) is 2.40. The first-order valence-electron chi connectivity index (χ1n) is 6.93. The minimum atomic E-state index is 0.303. The Labute approximate surface area is 114 Å². The molecule has 0 radical (unpaired) electrons. The number of hydrogen-bond donors (Lipinski definition) is 3. The van der Waals surface area contributed by atoms with Gasteiger partial charge in [0.2, 0.25) is 0 Å². The van der Waals surface area contributed by atoms with E-state index in [0.29, 0.717) is 6.10 Å². The zero-order chi connectivity index (χ0) is 13.5. The van der Waals surface area contributed by atoms with E-state index in [2.05, 4.69) is 32.8 Å². The quantitative estimate of drug-likeness (QED) is 0.713. The number of morpholine rings is 1. The highest BCUT2D eigenvalue weighted by molar-refractivity contribution is 5.47. The van der Waals surface area contributed by atoms with E-state index in [9.17, 15) is 0 Å². The molecule has 0 amide bonds. The van der Waals surface area contributed by atoms with Crippen molar-refractivity contribution in [3.63, 3.8) is 0 Å². The molecule has 1 aliphatic rings. The number of rotatable bonds is 6. The Morgan fingerprint density at radius 2 is 2.16 bits per heavy atom. The van der Waals surface area contributed by atoms with Gasteiger partial charge in [0.25, 0.3) is 0 Å². The Morgan fingerprint density at radius 3 is 2.84 bits per heavy atom. The van der Waals surface area contributed by atoms with E-state index in [1.54, 1.807) is 0 Å². The summed E-state index contributed by atoms with van der Waals surface area (Å²) in [4.78, 5) is 8.70. The molecule has 1 atom stereocenters. The van der Waals surface area contributed by atoms with Gasteiger partial charge in [-0.2, -0.15) is 0 Å². The molecular weight excluding hydrogens is 242 g/mol. The molecule has 1 fully saturated rings. The summed E-state index contributed by atoms with van der Waals surface area (Å²) in [6, 6.07) is 1.94. The summed E-state index contributed by atoms with van der Waals surface area (Å²) < 4.78 is 5.65. The molecule has 2 rings (SSSR count). The van der Waals surface area contributed by atoms with Gasteiger partial charge in [0, 0.05) is 32.2 Å². The second kappa shape index (κ2) is 7.25. The molecule has 6 heteroatoms. The molecule has 0 aromatic carbocycles. The van der Waals surface area contributed by atoms with Gasteiger partial charge in [-0.15, -0.1) is 0 Å². The van der Waals surface area contributed by atoms with Crippen molar-refractivity contribution in [2.75, 3.05) is 43.4 Å². The van der Waals surface area contributed by atoms with Crippen LogP contribution in [0, 0.1) is 6.92 Å². The van der Waals surface area contributed by atoms with Crippen LogP contribution in [-0.2, 0) is 4.74 Å². The summed E-state index contributed by atoms with van der Waals surface area (Å²) in [6.07, 6.45) is 1.28. The van der Waals surface area contributed by atoms with Gasteiger partial charge in [-0.25, -0.2) is 9.97 Å². The Kier molecular flexibility index (Phi) is 5.35. The molecule has 1 aromatic rings. The van der Waals surface area contributed by atoms with Gasteiger partial charge in [0.05, 0.1) is 12.7 Å². The number of aromatic nitrogens is 2. The Hall–Kier alpha value is -1.40. The van der Waals surface area contributed by atoms with Crippen LogP contribution in [0.1, 0.15) is 19.2 Å². The van der Waals surface area contributed by atoms with E-state index >= 15 is 0 Å². The van der Waals surface area contributed by atoms with Gasteiger partial charge in [-0.1, -0.05) is 0 Å². The topological polar surface area (TPSA) is 71.1 Å². The fourth-order valence-electron chi connectivity index (χ4n) is 2.10. The molecule has 19 heavy (non-hydrogen) atoms. The maximum absolute atomic E-state index is 5.65. The Morgan fingerprint density at radius 1 is 1.37 bits per heavy atom. The van der Waals surface area contributed by atoms with Gasteiger partial charge in [-0.3, -0.25) is 0 Å². The summed E-state index contributed by atoms with van der Waals surface area (Å²) in [5.41, 5.74) is 0. The zero-order valence-electron chi connectivity index (χ0n) is 11.7. The second-order valence-corrected chi connectivity index (χ2v) is 4.63. The van der Waals surface area contributed by atoms with Crippen LogP contribution in [0.2, 0.25) is 0 Å². The third-order valence-electron chi connectivity index (χ3n) is 2.97. The molecular formula is C13H23N5O. The van der Waals surface area contributed by atoms with E-state index in [1.807, 2.05) is 13.0 Å². The van der Waals surface area contributed by atoms with Gasteiger partial charge in [0.15, 0.2) is 0 Å². The van der Waals surface area contributed by atoms with Gasteiger partial charge < -0.3 is 20.7 Å². The van der Waals surface area contributed by atoms with Crippen LogP contribution < -0.4 is 16.0 Å². The number of anilines is 2. The maximum Gasteiger partial charge on any atom is 0.131 e. The average molecular weight is 265 g/mol. The lowest BCUT2D eigenvalue weighted by Crippen LogP contribution is -2.39. The van der Waals surface area contributed by atoms with Crippen molar-refractivity contribution in [2.45, 2.75) is 26.4 Å². The highest BCUT2D eigenvalue weighted by Gasteiger charge is 2.12. The molecule has 1 aliphatic heterocycles. The molecule has 0 aliphatic carbocycles. The first-order chi connectivity index (χ1) is 9.28. The number of ether oxygens (including phenoxy) is 1. The molecule has 2 heterocycles. The minimum absolute atomic E-state index is 0.303. The monoisotopic (exact) mass is 265 g/mol. The largest absolute Gasteiger partial charge is 0.376 e. The van der Waals surface area contributed by atoms with E-state index in [0.717, 1.165) is 56.7 Å². The first-order valence-corrected chi connectivity index (χ1v) is 6.93. The third-order valence-corrected chi connectivity index (χ3v) is 2.97. The predicted octanol–water partition coefficient (Wildman–Crippen LogP) is 1.01. The van der Waals surface area contributed by atoms with Gasteiger partial charge in [0.1, 0.15) is 17.5 Å². The molecule has 0 spiro atoms. The summed E-state index contributed by atoms with van der Waals surface area (Å²) in [5, 5.41) is 9.87. The molecule has 106 valence electrons. The van der Waals surface area contributed by atoms with Crippen molar-refractivity contribution in [1.29, 1.82) is 0 Å². The normalized spacial score (nSPS) is 19.2. The number of aryl methyl sites for hydroxylation is 1. The second-order valence-electron chi connectivity index (χ2n) is 4.63. The number of nitrogens with one attached hydrogen (secondary N) is 3. The highest BCUT2D eigenvalue weighted by atomic mass is 16.5. The predicted molar refractivity (Wildman–Crippen MR) is 76.6 cm³/mol. The Balaban J connectivity index is 1.81. The lowest BCUT2D eigenvalue weighted by atomic mass is 10.2. The summed E-state index contributed by atoms with van der Waals surface area (Å²) >= 11 is 0. The first kappa shape index (κ1) is 14.0. The lowest BCUT2D eigenvalue weighted by molar-refractivity contribution is 0.0258. The van der Waals surface area contributed by atoms with Crippen LogP contribution >= 0.6 is 0 Å². The van der Waals surface area contributed by atoms with E-state index in [4.69, 9.17) is 4.74 Å². The van der Waals surface area contributed by atoms with Crippen molar-refractivity contribution in [2.24, 2.45) is 0 Å². The SMILES string of the molecule is CCNc1cc(NCCC2CNCCO2)nc(C)n1. The van der Waals surface area contributed by atoms with E-state index in [1.165, 1.54) is 0 Å². The minimum Gasteiger partial charge on any atom is -0.376 e. The molecule has 0 bridgehead atoms. The van der Waals surface area contributed by atoms with E-state index < -0.39 is 0 Å². The molecule has 6 nitrogen and oxygen atoms in total. The van der Waals surface area contributed by atoms with Crippen molar-refractivity contribution in [1.82, 2.24) is 15.3 Å². The van der Waals surface area contributed by atoms with Gasteiger partial charge >= 0.3 is 0 Å². The lowest BCUT2D eigenvalue weighted by Gasteiger charge is -2.23. The van der Waals surface area contributed by atoms with Crippen LogP contribution in [-0.4, -0.2) is 48.9 Å². The van der Waals surface area contributed by atoms with Crippen LogP contribution in [0.5, 0.6) is 0 Å². The van der Waals surface area contributed by atoms with Crippen LogP contribution in [0.25, 0.3) is 0 Å². The summed E-state index contributed by atoms with van der Waals surface area (Å²) in [5.74, 6) is 2.51. The van der Waals surface area contributed by atoms with Crippen molar-refractivity contribution in [3.05, 3.63) is 11.9 Å². The van der Waals surface area contributed by atoms with E-state index in [-0.39, 0.29) is 0 Å². The number of hydrogen-bond acceptors (Lipinski definition) is 6. The molecule has 1 unspecified atom stereocenters. The highest BCUT2D eigenvalue weighted by Crippen LogP contribution is 2.11. The number of nitrogens with zero attached hydrogens (tertiary/aromatic N) is 2. The fourth-order valence-corrected chi connectivity index (χ4v) is 2.10. The van der Waals surface area contributed by atoms with Crippen LogP contribution in [0.15, 0.2) is 6.07 Å². The van der Waals surface area contributed by atoms with Crippen molar-refractivity contribution < 1.29 is 4.74 Å². The third kappa shape index (κ3) is 4.65. The Bertz CT molecular complexity index is 393. The van der Waals surface area contributed by atoms with Crippen LogP contribution in [0.4, 0.5) is 11.6 Å². The molecule has 1 aromatic heterocycles. The molecule has 0 saturated carbocycles. The zero-order valence-corrected chi connectivity index (χ0v) is 11.7. The standard InChI is InChI=1S/C13H23N5O/c1-3-15-12-8-13(18-10(2)17-12)16-5-4-11-9-14-6-7-19-11/h8,11,14H,3-7,9H2,1-2H3,(H2,15,16,17,18). The fraction of sp³-hybridized carbons (Fsp3) is 0.692. The smallest absolute Gasteiger partial charge is 0.131 e.